The summed E-state index contributed by atoms with van der Waals surface area (Å²) in [5.74, 6) is 3.13. The maximum atomic E-state index is 7.25. The third-order valence-corrected chi connectivity index (χ3v) is 27.7. The smallest absolute Gasteiger partial charge is 0.159 e. The van der Waals surface area contributed by atoms with Crippen LogP contribution in [-0.2, 0) is 10.8 Å². The molecule has 22 aromatic rings. The number of nitrogens with one attached hydrogen (secondary N) is 2. The molecule has 0 spiro atoms. The fourth-order valence-electron chi connectivity index (χ4n) is 21.4. The van der Waals surface area contributed by atoms with Crippen LogP contribution >= 0.6 is 0 Å². The first-order chi connectivity index (χ1) is 63.9. The van der Waals surface area contributed by atoms with Gasteiger partial charge in [0.2, 0.25) is 0 Å². The van der Waals surface area contributed by atoms with E-state index in [1.165, 1.54) is 72.0 Å². The highest BCUT2D eigenvalue weighted by Crippen LogP contribution is 2.60. The number of rotatable bonds is 12. The molecule has 0 amide bonds. The molecule has 0 unspecified atom stereocenters. The first kappa shape index (κ1) is 74.6. The predicted molar refractivity (Wildman–Crippen MR) is 539 cm³/mol. The highest BCUT2D eigenvalue weighted by atomic mass is 16.5. The second-order valence-electron chi connectivity index (χ2n) is 35.8. The van der Waals surface area contributed by atoms with Crippen molar-refractivity contribution in [3.8, 4) is 73.2 Å². The number of fused-ring (bicyclic) bond motifs is 17. The van der Waals surface area contributed by atoms with Crippen molar-refractivity contribution < 1.29 is 9.47 Å². The van der Waals surface area contributed by atoms with Crippen molar-refractivity contribution in [2.45, 2.75) is 38.5 Å². The Balaban J connectivity index is 0.527. The molecule has 10 heteroatoms. The Morgan fingerprint density at radius 1 is 0.223 bits per heavy atom. The monoisotopic (exact) mass is 1670 g/mol. The lowest BCUT2D eigenvalue weighted by molar-refractivity contribution is 0.477. The van der Waals surface area contributed by atoms with E-state index in [-0.39, 0.29) is 10.8 Å². The Morgan fingerprint density at radius 2 is 0.577 bits per heavy atom. The molecule has 26 rings (SSSR count). The number of aromatic nitrogens is 3. The Bertz CT molecular complexity index is 8320. The van der Waals surface area contributed by atoms with Gasteiger partial charge in [-0.05, 0) is 286 Å². The van der Waals surface area contributed by atoms with Gasteiger partial charge in [-0.15, -0.1) is 0 Å². The zero-order valence-electron chi connectivity index (χ0n) is 71.9. The van der Waals surface area contributed by atoms with Gasteiger partial charge in [0.25, 0.3) is 0 Å². The summed E-state index contributed by atoms with van der Waals surface area (Å²) in [6.07, 6.45) is 0. The highest BCUT2D eigenvalue weighted by Gasteiger charge is 2.41. The van der Waals surface area contributed by atoms with Gasteiger partial charge in [0.05, 0.1) is 56.5 Å². The number of para-hydroxylation sites is 10. The van der Waals surface area contributed by atoms with Gasteiger partial charge in [-0.2, -0.15) is 0 Å². The summed E-state index contributed by atoms with van der Waals surface area (Å²) in [4.78, 5) is 19.6. The minimum absolute atomic E-state index is 0.159. The molecule has 616 valence electrons. The van der Waals surface area contributed by atoms with E-state index in [0.29, 0.717) is 0 Å². The molecule has 0 radical (unpaired) electrons. The van der Waals surface area contributed by atoms with E-state index in [4.69, 9.17) is 9.47 Å². The van der Waals surface area contributed by atoms with Gasteiger partial charge in [0.1, 0.15) is 0 Å². The number of benzene rings is 19. The lowest BCUT2D eigenvalue weighted by Crippen LogP contribution is -2.30. The molecule has 130 heavy (non-hydrogen) atoms. The van der Waals surface area contributed by atoms with Crippen LogP contribution in [0.3, 0.4) is 0 Å². The van der Waals surface area contributed by atoms with Crippen LogP contribution in [-0.4, -0.2) is 14.5 Å². The molecular weight excluding hydrogens is 1590 g/mol. The van der Waals surface area contributed by atoms with Crippen molar-refractivity contribution in [3.63, 3.8) is 0 Å². The zero-order valence-corrected chi connectivity index (χ0v) is 71.9. The van der Waals surface area contributed by atoms with Gasteiger partial charge in [-0.25, -0.2) is 0 Å². The fourth-order valence-corrected chi connectivity index (χ4v) is 21.4. The van der Waals surface area contributed by atoms with Crippen molar-refractivity contribution in [2.24, 2.45) is 0 Å². The summed E-state index contributed by atoms with van der Waals surface area (Å²) in [5.41, 5.74) is 37.1. The van der Waals surface area contributed by atoms with Crippen LogP contribution in [0.4, 0.5) is 85.3 Å². The number of nitrogens with zero attached hydrogens (tertiary/aromatic N) is 6. The van der Waals surface area contributed by atoms with Gasteiger partial charge in [-0.1, -0.05) is 228 Å². The van der Waals surface area contributed by atoms with E-state index in [9.17, 15) is 0 Å². The number of anilines is 15. The molecule has 19 aromatic carbocycles. The number of ether oxygens (including phenoxy) is 2. The summed E-state index contributed by atoms with van der Waals surface area (Å²) in [5, 5.41) is 6.92. The highest BCUT2D eigenvalue weighted by molar-refractivity contribution is 6.15. The molecule has 2 N–H and O–H groups in total. The molecule has 0 fully saturated rings. The maximum absolute atomic E-state index is 7.25. The van der Waals surface area contributed by atoms with Crippen molar-refractivity contribution in [2.75, 3.05) is 24.5 Å². The number of aromatic amines is 2. The van der Waals surface area contributed by atoms with Gasteiger partial charge in [0.15, 0.2) is 23.0 Å². The SMILES string of the molecule is CC1(C)c2ccccc2N(c2ccc3[nH]c4ccc(N5c6ccccc6C(C)(C)c6cc(-c7cccc8c7Oc7ccccc7N8c7ccc8[nH]c9ccc(N%10c%11ccccc%11Oc%11cc(-c%12cccc(-c%13ccc%14c(c%13)c%13cc(-c%15ccccc%15)ccc%13n%14-c%13ccc(N(c%14ccccc%14)c%14ccccc%14)cc%13)c%12)ccc%11%10)cc9c8c7)ccc65)cc4c3c2)c2ccccc21. The molecule has 0 bridgehead atoms. The van der Waals surface area contributed by atoms with Crippen LogP contribution in [0.5, 0.6) is 23.0 Å². The lowest BCUT2D eigenvalue weighted by Gasteiger charge is -2.42. The number of hydrogen-bond donors (Lipinski definition) is 2. The Kier molecular flexibility index (Phi) is 16.6. The van der Waals surface area contributed by atoms with Crippen molar-refractivity contribution in [3.05, 3.63) is 447 Å². The van der Waals surface area contributed by atoms with Crippen LogP contribution < -0.4 is 34.0 Å². The third-order valence-electron chi connectivity index (χ3n) is 27.7. The summed E-state index contributed by atoms with van der Waals surface area (Å²) in [7, 11) is 0. The molecule has 4 aliphatic heterocycles. The number of hydrogen-bond acceptors (Lipinski definition) is 7. The van der Waals surface area contributed by atoms with Crippen LogP contribution in [0.15, 0.2) is 425 Å². The average molecular weight is 1670 g/mol. The molecular formula is C120H84N8O2. The lowest BCUT2D eigenvalue weighted by atomic mass is 9.73. The van der Waals surface area contributed by atoms with Gasteiger partial charge in [-0.3, -0.25) is 0 Å². The van der Waals surface area contributed by atoms with E-state index >= 15 is 0 Å². The molecule has 7 heterocycles. The normalized spacial score (nSPS) is 13.7. The van der Waals surface area contributed by atoms with Crippen LogP contribution in [0.1, 0.15) is 49.9 Å². The number of H-pyrrole nitrogens is 2. The summed E-state index contributed by atoms with van der Waals surface area (Å²) < 4.78 is 16.7. The van der Waals surface area contributed by atoms with E-state index in [1.807, 2.05) is 0 Å². The summed E-state index contributed by atoms with van der Waals surface area (Å²) in [6.45, 7) is 9.44. The maximum Gasteiger partial charge on any atom is 0.159 e. The van der Waals surface area contributed by atoms with Gasteiger partial charge >= 0.3 is 0 Å². The quantitative estimate of drug-likeness (QED) is 0.126. The first-order valence-corrected chi connectivity index (χ1v) is 44.8. The van der Waals surface area contributed by atoms with Crippen LogP contribution in [0, 0.1) is 0 Å². The van der Waals surface area contributed by atoms with Gasteiger partial charge < -0.3 is 48.5 Å². The van der Waals surface area contributed by atoms with E-state index in [1.54, 1.807) is 0 Å². The molecule has 0 aliphatic carbocycles. The Morgan fingerprint density at radius 3 is 1.10 bits per heavy atom. The van der Waals surface area contributed by atoms with Crippen LogP contribution in [0.25, 0.3) is 116 Å². The minimum atomic E-state index is -0.377. The molecule has 3 aromatic heterocycles. The fraction of sp³-hybridized carbons (Fsp3) is 0.0500. The zero-order chi connectivity index (χ0) is 86.2. The van der Waals surface area contributed by atoms with Crippen molar-refractivity contribution in [1.82, 2.24) is 14.5 Å². The molecule has 10 nitrogen and oxygen atoms in total. The molecule has 4 aliphatic rings. The largest absolute Gasteiger partial charge is 0.453 e. The van der Waals surface area contributed by atoms with Crippen molar-refractivity contribution >= 4 is 151 Å². The summed E-state index contributed by atoms with van der Waals surface area (Å²) in [6, 6.07) is 155. The molecule has 0 atom stereocenters. The van der Waals surface area contributed by atoms with E-state index < -0.39 is 0 Å². The molecule has 0 saturated carbocycles. The predicted octanol–water partition coefficient (Wildman–Crippen LogP) is 33.6. The second-order valence-corrected chi connectivity index (χ2v) is 35.8. The third kappa shape index (κ3) is 11.7. The second kappa shape index (κ2) is 28.9. The van der Waals surface area contributed by atoms with Crippen molar-refractivity contribution in [1.29, 1.82) is 0 Å². The topological polar surface area (TPSA) is 71.2 Å². The average Bonchev–Trinajstić information content (AvgIpc) is 1.07. The van der Waals surface area contributed by atoms with Gasteiger partial charge in [0, 0.05) is 116 Å². The summed E-state index contributed by atoms with van der Waals surface area (Å²) >= 11 is 0. The van der Waals surface area contributed by atoms with Crippen LogP contribution in [0.2, 0.25) is 0 Å². The Hall–Kier alpha value is -16.8. The first-order valence-electron chi connectivity index (χ1n) is 44.8. The van der Waals surface area contributed by atoms with E-state index in [2.05, 4.69) is 491 Å². The van der Waals surface area contributed by atoms with E-state index in [0.717, 1.165) is 174 Å². The standard InChI is InChI=1S/C120H84N8O2/c1-119(2)97-35-14-17-38-107(97)125(108-39-18-15-36-98(108)119)86-54-58-101-91(71-86)92-72-87(55-59-102(92)121-101)126-109-40-19-16-37-99(109)120(3,4)100-69-81(49-64-110(100)126)90-34-25-43-114-118(90)130-116-45-23-21-42-112(116)128(114)89-57-61-104-94(74-89)93-73-88(56-60-103(93)122-104)127-111-41-20-22-44-115(111)129-117-70-80(48-65-113(117)127)77-29-24-28-76(66-77)79-47-63-106-96(68-79)95-67-78(75-26-8-5-9-27-75)46-62-105(95)124(106)85-52-50-84(51-53-85)123(82-30-10-6-11-31-82)83-32-12-7-13-33-83/h5-74,121-122H,1-4H3. The molecule has 0 saturated heterocycles. The Labute approximate surface area is 752 Å². The minimum Gasteiger partial charge on any atom is -0.453 e.